The van der Waals surface area contributed by atoms with E-state index in [1.807, 2.05) is 18.7 Å². The van der Waals surface area contributed by atoms with Crippen molar-refractivity contribution < 1.29 is 9.32 Å². The second-order valence-corrected chi connectivity index (χ2v) is 5.62. The number of carbonyl (C=O) groups is 1. The lowest BCUT2D eigenvalue weighted by Gasteiger charge is -2.21. The van der Waals surface area contributed by atoms with E-state index in [1.54, 1.807) is 6.07 Å². The third-order valence-corrected chi connectivity index (χ3v) is 3.51. The van der Waals surface area contributed by atoms with Crippen molar-refractivity contribution in [3.05, 3.63) is 17.5 Å². The van der Waals surface area contributed by atoms with Gasteiger partial charge in [-0.25, -0.2) is 0 Å². The molecule has 0 saturated carbocycles. The maximum Gasteiger partial charge on any atom is 0.276 e. The average molecular weight is 250 g/mol. The fraction of sp³-hybridized carbons (Fsp3) is 0.714. The summed E-state index contributed by atoms with van der Waals surface area (Å²) in [6, 6.07) is 1.78. The molecule has 0 spiro atoms. The van der Waals surface area contributed by atoms with E-state index in [4.69, 9.17) is 4.52 Å². The van der Waals surface area contributed by atoms with Crippen LogP contribution in [0.5, 0.6) is 0 Å². The standard InChI is InChI=1S/C14H22N2O2/c1-10(2)13-8-12(15-18-13)14(17)16-7-5-4-6-11(3)9-16/h8,10-11H,4-7,9H2,1-3H3. The summed E-state index contributed by atoms with van der Waals surface area (Å²) in [5.41, 5.74) is 0.452. The Bertz CT molecular complexity index is 412. The minimum absolute atomic E-state index is 0.0133. The molecule has 1 amide bonds. The lowest BCUT2D eigenvalue weighted by molar-refractivity contribution is 0.0734. The van der Waals surface area contributed by atoms with E-state index in [0.29, 0.717) is 11.6 Å². The maximum atomic E-state index is 12.3. The van der Waals surface area contributed by atoms with Crippen molar-refractivity contribution in [2.75, 3.05) is 13.1 Å². The molecule has 2 rings (SSSR count). The van der Waals surface area contributed by atoms with Crippen molar-refractivity contribution in [1.82, 2.24) is 10.1 Å². The van der Waals surface area contributed by atoms with E-state index in [1.165, 1.54) is 12.8 Å². The zero-order valence-electron chi connectivity index (χ0n) is 11.5. The zero-order valence-corrected chi connectivity index (χ0v) is 11.5. The molecule has 4 nitrogen and oxygen atoms in total. The molecule has 4 heteroatoms. The van der Waals surface area contributed by atoms with Crippen LogP contribution in [0.2, 0.25) is 0 Å². The van der Waals surface area contributed by atoms with Gasteiger partial charge in [-0.05, 0) is 18.8 Å². The molecule has 1 unspecified atom stereocenters. The second-order valence-electron chi connectivity index (χ2n) is 5.62. The Morgan fingerprint density at radius 3 is 2.94 bits per heavy atom. The fourth-order valence-corrected chi connectivity index (χ4v) is 2.36. The van der Waals surface area contributed by atoms with Crippen molar-refractivity contribution >= 4 is 5.91 Å². The van der Waals surface area contributed by atoms with Crippen molar-refractivity contribution in [3.63, 3.8) is 0 Å². The van der Waals surface area contributed by atoms with E-state index in [2.05, 4.69) is 12.1 Å². The van der Waals surface area contributed by atoms with Crippen LogP contribution in [0, 0.1) is 5.92 Å². The quantitative estimate of drug-likeness (QED) is 0.810. The Morgan fingerprint density at radius 1 is 1.50 bits per heavy atom. The van der Waals surface area contributed by atoms with Crippen LogP contribution in [-0.4, -0.2) is 29.1 Å². The largest absolute Gasteiger partial charge is 0.360 e. The Balaban J connectivity index is 2.09. The minimum atomic E-state index is 0.0133. The predicted octanol–water partition coefficient (Wildman–Crippen LogP) is 3.06. The first-order chi connectivity index (χ1) is 8.58. The molecule has 1 aromatic heterocycles. The minimum Gasteiger partial charge on any atom is -0.360 e. The monoisotopic (exact) mass is 250 g/mol. The van der Waals surface area contributed by atoms with E-state index in [0.717, 1.165) is 25.3 Å². The first kappa shape index (κ1) is 13.1. The number of aromatic nitrogens is 1. The highest BCUT2D eigenvalue weighted by Crippen LogP contribution is 2.20. The van der Waals surface area contributed by atoms with Gasteiger partial charge in [0.05, 0.1) is 0 Å². The molecule has 0 N–H and O–H groups in total. The first-order valence-electron chi connectivity index (χ1n) is 6.84. The Labute approximate surface area is 108 Å². The molecule has 0 radical (unpaired) electrons. The van der Waals surface area contributed by atoms with Crippen LogP contribution in [-0.2, 0) is 0 Å². The van der Waals surface area contributed by atoms with Crippen LogP contribution >= 0.6 is 0 Å². The fourth-order valence-electron chi connectivity index (χ4n) is 2.36. The summed E-state index contributed by atoms with van der Waals surface area (Å²) in [7, 11) is 0. The van der Waals surface area contributed by atoms with Gasteiger partial charge in [0.1, 0.15) is 5.76 Å². The van der Waals surface area contributed by atoms with Gasteiger partial charge < -0.3 is 9.42 Å². The third kappa shape index (κ3) is 2.92. The molecule has 0 aromatic carbocycles. The second kappa shape index (κ2) is 5.55. The number of amides is 1. The van der Waals surface area contributed by atoms with E-state index < -0.39 is 0 Å². The highest BCUT2D eigenvalue weighted by molar-refractivity contribution is 5.92. The molecule has 1 fully saturated rings. The summed E-state index contributed by atoms with van der Waals surface area (Å²) in [6.07, 6.45) is 3.51. The SMILES string of the molecule is CC1CCCCN(C(=O)c2cc(C(C)C)on2)C1. The zero-order chi connectivity index (χ0) is 13.1. The smallest absolute Gasteiger partial charge is 0.276 e. The van der Waals surface area contributed by atoms with Gasteiger partial charge in [-0.1, -0.05) is 32.3 Å². The van der Waals surface area contributed by atoms with Crippen molar-refractivity contribution in [2.45, 2.75) is 46.0 Å². The summed E-state index contributed by atoms with van der Waals surface area (Å²) in [6.45, 7) is 7.94. The van der Waals surface area contributed by atoms with Gasteiger partial charge in [0, 0.05) is 25.1 Å². The molecule has 1 atom stereocenters. The third-order valence-electron chi connectivity index (χ3n) is 3.51. The van der Waals surface area contributed by atoms with Crippen LogP contribution in [0.1, 0.15) is 62.2 Å². The molecule has 0 bridgehead atoms. The molecule has 1 aliphatic rings. The van der Waals surface area contributed by atoms with Gasteiger partial charge in [0.25, 0.3) is 5.91 Å². The highest BCUT2D eigenvalue weighted by atomic mass is 16.5. The molecule has 18 heavy (non-hydrogen) atoms. The lowest BCUT2D eigenvalue weighted by atomic mass is 10.1. The van der Waals surface area contributed by atoms with Crippen LogP contribution < -0.4 is 0 Å². The van der Waals surface area contributed by atoms with Crippen molar-refractivity contribution in [2.24, 2.45) is 5.92 Å². The van der Waals surface area contributed by atoms with Gasteiger partial charge in [-0.15, -0.1) is 0 Å². The summed E-state index contributed by atoms with van der Waals surface area (Å²) in [5, 5.41) is 3.90. The Morgan fingerprint density at radius 2 is 2.28 bits per heavy atom. The number of hydrogen-bond donors (Lipinski definition) is 0. The summed E-state index contributed by atoms with van der Waals surface area (Å²) >= 11 is 0. The van der Waals surface area contributed by atoms with Crippen molar-refractivity contribution in [3.8, 4) is 0 Å². The van der Waals surface area contributed by atoms with Crippen LogP contribution in [0.3, 0.4) is 0 Å². The van der Waals surface area contributed by atoms with Gasteiger partial charge in [-0.3, -0.25) is 4.79 Å². The molecule has 0 aliphatic carbocycles. The Kier molecular flexibility index (Phi) is 4.04. The maximum absolute atomic E-state index is 12.3. The summed E-state index contributed by atoms with van der Waals surface area (Å²) < 4.78 is 5.20. The highest BCUT2D eigenvalue weighted by Gasteiger charge is 2.23. The van der Waals surface area contributed by atoms with E-state index >= 15 is 0 Å². The number of hydrogen-bond acceptors (Lipinski definition) is 3. The number of likely N-dealkylation sites (tertiary alicyclic amines) is 1. The van der Waals surface area contributed by atoms with Crippen molar-refractivity contribution in [1.29, 1.82) is 0 Å². The van der Waals surface area contributed by atoms with Gasteiger partial charge in [0.15, 0.2) is 5.69 Å². The van der Waals surface area contributed by atoms with E-state index in [9.17, 15) is 4.79 Å². The molecule has 100 valence electrons. The lowest BCUT2D eigenvalue weighted by Crippen LogP contribution is -2.34. The first-order valence-corrected chi connectivity index (χ1v) is 6.84. The van der Waals surface area contributed by atoms with Gasteiger partial charge >= 0.3 is 0 Å². The predicted molar refractivity (Wildman–Crippen MR) is 69.5 cm³/mol. The average Bonchev–Trinajstić information content (AvgIpc) is 2.72. The normalized spacial score (nSPS) is 21.1. The molecular weight excluding hydrogens is 228 g/mol. The topological polar surface area (TPSA) is 46.3 Å². The Hall–Kier alpha value is -1.32. The number of carbonyl (C=O) groups excluding carboxylic acids is 1. The summed E-state index contributed by atoms with van der Waals surface area (Å²) in [4.78, 5) is 14.3. The van der Waals surface area contributed by atoms with Crippen LogP contribution in [0.25, 0.3) is 0 Å². The number of nitrogens with zero attached hydrogens (tertiary/aromatic N) is 2. The molecule has 2 heterocycles. The molecule has 1 aliphatic heterocycles. The van der Waals surface area contributed by atoms with Crippen LogP contribution in [0.15, 0.2) is 10.6 Å². The molecular formula is C14H22N2O2. The van der Waals surface area contributed by atoms with Gasteiger partial charge in [0.2, 0.25) is 0 Å². The molecule has 1 aromatic rings. The number of rotatable bonds is 2. The van der Waals surface area contributed by atoms with E-state index in [-0.39, 0.29) is 11.8 Å². The molecule has 1 saturated heterocycles. The van der Waals surface area contributed by atoms with Crippen LogP contribution in [0.4, 0.5) is 0 Å². The summed E-state index contributed by atoms with van der Waals surface area (Å²) in [5.74, 6) is 1.63. The van der Waals surface area contributed by atoms with Gasteiger partial charge in [-0.2, -0.15) is 0 Å².